The van der Waals surface area contributed by atoms with E-state index < -0.39 is 15.6 Å². The first-order chi connectivity index (χ1) is 8.81. The summed E-state index contributed by atoms with van der Waals surface area (Å²) in [5.41, 5.74) is -1.23. The van der Waals surface area contributed by atoms with Gasteiger partial charge in [0.05, 0.1) is 4.34 Å². The molecule has 0 fully saturated rings. The van der Waals surface area contributed by atoms with Crippen LogP contribution in [0.15, 0.2) is 33.9 Å². The zero-order valence-corrected chi connectivity index (χ0v) is 13.2. The maximum Gasteiger partial charge on any atom is 0.250 e. The van der Waals surface area contributed by atoms with Gasteiger partial charge in [-0.1, -0.05) is 17.7 Å². The minimum atomic E-state index is -3.64. The van der Waals surface area contributed by atoms with E-state index in [1.54, 1.807) is 13.0 Å². The highest BCUT2D eigenvalue weighted by Crippen LogP contribution is 2.27. The molecule has 19 heavy (non-hydrogen) atoms. The quantitative estimate of drug-likeness (QED) is 0.881. The van der Waals surface area contributed by atoms with Gasteiger partial charge in [0.2, 0.25) is 10.0 Å². The molecule has 104 valence electrons. The highest BCUT2D eigenvalue weighted by Gasteiger charge is 2.27. The fourth-order valence-corrected chi connectivity index (χ4v) is 4.87. The molecule has 2 N–H and O–H groups in total. The van der Waals surface area contributed by atoms with Gasteiger partial charge < -0.3 is 5.11 Å². The Morgan fingerprint density at radius 3 is 2.68 bits per heavy atom. The van der Waals surface area contributed by atoms with Crippen molar-refractivity contribution >= 4 is 44.3 Å². The molecule has 0 spiro atoms. The number of nitrogens with one attached hydrogen (secondary N) is 1. The first-order valence-electron chi connectivity index (χ1n) is 5.33. The highest BCUT2D eigenvalue weighted by molar-refractivity contribution is 7.91. The van der Waals surface area contributed by atoms with E-state index in [1.807, 2.05) is 11.4 Å². The van der Waals surface area contributed by atoms with Crippen LogP contribution in [-0.4, -0.2) is 20.1 Å². The monoisotopic (exact) mass is 337 g/mol. The zero-order valence-electron chi connectivity index (χ0n) is 9.96. The molecular formula is C11H12ClNO3S3. The van der Waals surface area contributed by atoms with Crippen molar-refractivity contribution in [2.75, 3.05) is 6.54 Å². The third-order valence-electron chi connectivity index (χ3n) is 2.47. The van der Waals surface area contributed by atoms with Crippen LogP contribution < -0.4 is 4.72 Å². The van der Waals surface area contributed by atoms with Gasteiger partial charge in [-0.3, -0.25) is 0 Å². The van der Waals surface area contributed by atoms with Gasteiger partial charge in [0.1, 0.15) is 9.81 Å². The summed E-state index contributed by atoms with van der Waals surface area (Å²) in [5, 5.41) is 12.1. The molecule has 1 unspecified atom stereocenters. The Bertz CT molecular complexity index is 647. The van der Waals surface area contributed by atoms with Crippen LogP contribution in [0.25, 0.3) is 0 Å². The Morgan fingerprint density at radius 2 is 2.16 bits per heavy atom. The summed E-state index contributed by atoms with van der Waals surface area (Å²) in [7, 11) is -3.64. The third kappa shape index (κ3) is 3.56. The summed E-state index contributed by atoms with van der Waals surface area (Å²) in [4.78, 5) is 0.708. The molecule has 0 aromatic carbocycles. The molecule has 2 aromatic rings. The molecule has 4 nitrogen and oxygen atoms in total. The molecule has 0 amide bonds. The van der Waals surface area contributed by atoms with Crippen molar-refractivity contribution in [2.45, 2.75) is 16.7 Å². The molecule has 0 aliphatic carbocycles. The van der Waals surface area contributed by atoms with Crippen LogP contribution in [0.3, 0.4) is 0 Å². The Balaban J connectivity index is 2.10. The first kappa shape index (κ1) is 15.0. The lowest BCUT2D eigenvalue weighted by Gasteiger charge is -2.21. The standard InChI is InChI=1S/C11H12ClNO3S3/c1-11(14,8-3-2-6-17-8)7-13-19(15,16)10-5-4-9(12)18-10/h2-6,13-14H,7H2,1H3. The van der Waals surface area contributed by atoms with Crippen LogP contribution in [0.4, 0.5) is 0 Å². The van der Waals surface area contributed by atoms with E-state index in [9.17, 15) is 13.5 Å². The van der Waals surface area contributed by atoms with Crippen molar-refractivity contribution in [3.8, 4) is 0 Å². The van der Waals surface area contributed by atoms with Gasteiger partial charge in [-0.05, 0) is 30.5 Å². The number of aliphatic hydroxyl groups is 1. The molecule has 0 saturated heterocycles. The highest BCUT2D eigenvalue weighted by atomic mass is 35.5. The van der Waals surface area contributed by atoms with E-state index in [0.717, 1.165) is 11.3 Å². The SMILES string of the molecule is CC(O)(CNS(=O)(=O)c1ccc(Cl)s1)c1cccs1. The fourth-order valence-electron chi connectivity index (χ4n) is 1.42. The van der Waals surface area contributed by atoms with Crippen LogP contribution in [0.5, 0.6) is 0 Å². The molecule has 2 aromatic heterocycles. The van der Waals surface area contributed by atoms with Gasteiger partial charge in [0, 0.05) is 11.4 Å². The average Bonchev–Trinajstić information content (AvgIpc) is 2.97. The number of sulfonamides is 1. The van der Waals surface area contributed by atoms with Crippen LogP contribution in [-0.2, 0) is 15.6 Å². The molecule has 2 heterocycles. The number of hydrogen-bond acceptors (Lipinski definition) is 5. The molecule has 1 atom stereocenters. The maximum absolute atomic E-state index is 12.0. The van der Waals surface area contributed by atoms with E-state index >= 15 is 0 Å². The lowest BCUT2D eigenvalue weighted by molar-refractivity contribution is 0.0666. The summed E-state index contributed by atoms with van der Waals surface area (Å²) in [6.45, 7) is 1.48. The van der Waals surface area contributed by atoms with E-state index in [-0.39, 0.29) is 10.8 Å². The Morgan fingerprint density at radius 1 is 1.42 bits per heavy atom. The topological polar surface area (TPSA) is 66.4 Å². The zero-order chi connectivity index (χ0) is 14.1. The van der Waals surface area contributed by atoms with E-state index in [0.29, 0.717) is 9.21 Å². The third-order valence-corrected chi connectivity index (χ3v) is 6.72. The molecule has 0 bridgehead atoms. The van der Waals surface area contributed by atoms with Crippen molar-refractivity contribution in [2.24, 2.45) is 0 Å². The van der Waals surface area contributed by atoms with Crippen LogP contribution in [0, 0.1) is 0 Å². The van der Waals surface area contributed by atoms with Crippen LogP contribution >= 0.6 is 34.3 Å². The second-order valence-corrected chi connectivity index (χ2v) is 8.79. The van der Waals surface area contributed by atoms with Gasteiger partial charge >= 0.3 is 0 Å². The number of hydrogen-bond donors (Lipinski definition) is 2. The predicted octanol–water partition coefficient (Wildman–Crippen LogP) is 2.65. The first-order valence-corrected chi connectivity index (χ1v) is 8.88. The lowest BCUT2D eigenvalue weighted by Crippen LogP contribution is -2.37. The molecule has 2 rings (SSSR count). The van der Waals surface area contributed by atoms with E-state index in [4.69, 9.17) is 11.6 Å². The molecule has 0 saturated carbocycles. The minimum absolute atomic E-state index is 0.0919. The number of rotatable bonds is 5. The molecule has 0 aliphatic heterocycles. The van der Waals surface area contributed by atoms with Crippen molar-refractivity contribution in [3.63, 3.8) is 0 Å². The molecule has 0 radical (unpaired) electrons. The summed E-state index contributed by atoms with van der Waals surface area (Å²) in [6.07, 6.45) is 0. The van der Waals surface area contributed by atoms with E-state index in [1.165, 1.54) is 23.5 Å². The van der Waals surface area contributed by atoms with E-state index in [2.05, 4.69) is 4.72 Å². The number of thiophene rings is 2. The van der Waals surface area contributed by atoms with Crippen molar-refractivity contribution in [1.29, 1.82) is 0 Å². The van der Waals surface area contributed by atoms with Crippen molar-refractivity contribution in [3.05, 3.63) is 38.9 Å². The molecule has 0 aliphatic rings. The summed E-state index contributed by atoms with van der Waals surface area (Å²) < 4.78 is 26.9. The Kier molecular flexibility index (Phi) is 4.34. The average molecular weight is 338 g/mol. The predicted molar refractivity (Wildman–Crippen MR) is 78.4 cm³/mol. The molecular weight excluding hydrogens is 326 g/mol. The largest absolute Gasteiger partial charge is 0.383 e. The van der Waals surface area contributed by atoms with Crippen LogP contribution in [0.1, 0.15) is 11.8 Å². The summed E-state index contributed by atoms with van der Waals surface area (Å²) >= 11 is 8.07. The number of halogens is 1. The summed E-state index contributed by atoms with van der Waals surface area (Å²) in [5.74, 6) is 0. The molecule has 8 heteroatoms. The normalized spacial score (nSPS) is 15.3. The van der Waals surface area contributed by atoms with Crippen LogP contribution in [0.2, 0.25) is 4.34 Å². The van der Waals surface area contributed by atoms with Gasteiger partial charge in [-0.2, -0.15) is 0 Å². The summed E-state index contributed by atoms with van der Waals surface area (Å²) in [6, 6.07) is 6.54. The van der Waals surface area contributed by atoms with Gasteiger partial charge in [-0.25, -0.2) is 13.1 Å². The van der Waals surface area contributed by atoms with Gasteiger partial charge in [-0.15, -0.1) is 22.7 Å². The lowest BCUT2D eigenvalue weighted by atomic mass is 10.1. The van der Waals surface area contributed by atoms with Crippen molar-refractivity contribution < 1.29 is 13.5 Å². The second-order valence-electron chi connectivity index (χ2n) is 4.13. The fraction of sp³-hybridized carbons (Fsp3) is 0.273. The maximum atomic E-state index is 12.0. The van der Waals surface area contributed by atoms with Gasteiger partial charge in [0.15, 0.2) is 0 Å². The van der Waals surface area contributed by atoms with Gasteiger partial charge in [0.25, 0.3) is 0 Å². The minimum Gasteiger partial charge on any atom is -0.383 e. The Labute approximate surface area is 124 Å². The Hall–Kier alpha value is -0.440. The van der Waals surface area contributed by atoms with Crippen molar-refractivity contribution in [1.82, 2.24) is 4.72 Å². The second kappa shape index (κ2) is 5.51. The smallest absolute Gasteiger partial charge is 0.250 e.